The molecule has 1 aromatic heterocycles. The number of halogens is 3. The molecule has 5 nitrogen and oxygen atoms in total. The maximum Gasteiger partial charge on any atom is 0.427 e. The van der Waals surface area contributed by atoms with Crippen molar-refractivity contribution >= 4 is 17.2 Å². The van der Waals surface area contributed by atoms with Gasteiger partial charge in [-0.1, -0.05) is 0 Å². The lowest BCUT2D eigenvalue weighted by atomic mass is 9.89. The van der Waals surface area contributed by atoms with E-state index >= 15 is 0 Å². The number of carbonyl (C=O) groups is 1. The Balaban J connectivity index is 1.99. The van der Waals surface area contributed by atoms with Gasteiger partial charge in [0.25, 0.3) is 0 Å². The molecule has 0 unspecified atom stereocenters. The molecule has 1 aromatic rings. The molecule has 1 saturated heterocycles. The molecule has 0 spiro atoms. The van der Waals surface area contributed by atoms with Crippen molar-refractivity contribution in [1.29, 1.82) is 0 Å². The molecule has 1 aliphatic heterocycles. The lowest BCUT2D eigenvalue weighted by Gasteiger charge is -2.38. The van der Waals surface area contributed by atoms with Gasteiger partial charge in [-0.05, 0) is 19.4 Å². The monoisotopic (exact) mass is 323 g/mol. The first-order valence-electron chi connectivity index (χ1n) is 6.43. The van der Waals surface area contributed by atoms with E-state index in [0.717, 1.165) is 6.20 Å². The molecule has 0 saturated carbocycles. The minimum absolute atomic E-state index is 0.144. The Bertz CT molecular complexity index is 520. The Hall–Kier alpha value is -1.19. The lowest BCUT2D eigenvalue weighted by molar-refractivity contribution is -0.134. The van der Waals surface area contributed by atoms with Gasteiger partial charge in [0.15, 0.2) is 0 Å². The Morgan fingerprint density at radius 3 is 2.86 bits per heavy atom. The van der Waals surface area contributed by atoms with Crippen LogP contribution >= 0.6 is 11.3 Å². The smallest absolute Gasteiger partial charge is 0.388 e. The average Bonchev–Trinajstić information content (AvgIpc) is 2.75. The highest BCUT2D eigenvalue weighted by Crippen LogP contribution is 2.34. The summed E-state index contributed by atoms with van der Waals surface area (Å²) < 4.78 is 37.5. The number of piperidine rings is 1. The number of carbonyl (C=O) groups excluding carboxylic acids is 1. The van der Waals surface area contributed by atoms with Crippen LogP contribution in [0.2, 0.25) is 0 Å². The van der Waals surface area contributed by atoms with Gasteiger partial charge in [0, 0.05) is 6.54 Å². The first-order valence-corrected chi connectivity index (χ1v) is 7.25. The lowest BCUT2D eigenvalue weighted by Crippen LogP contribution is -2.49. The van der Waals surface area contributed by atoms with Gasteiger partial charge >= 0.3 is 6.18 Å². The highest BCUT2D eigenvalue weighted by molar-refractivity contribution is 7.11. The molecule has 0 aliphatic carbocycles. The average molecular weight is 323 g/mol. The fraction of sp³-hybridized carbons (Fsp3) is 0.667. The van der Waals surface area contributed by atoms with Crippen molar-refractivity contribution < 1.29 is 23.1 Å². The van der Waals surface area contributed by atoms with Crippen LogP contribution in [0.25, 0.3) is 0 Å². The summed E-state index contributed by atoms with van der Waals surface area (Å²) in [5.41, 5.74) is 3.90. The molecular formula is C12H16F3N3O2S. The van der Waals surface area contributed by atoms with Crippen molar-refractivity contribution in [3.8, 4) is 0 Å². The molecule has 21 heavy (non-hydrogen) atoms. The van der Waals surface area contributed by atoms with Gasteiger partial charge in [-0.3, -0.25) is 9.69 Å². The Morgan fingerprint density at radius 1 is 1.57 bits per heavy atom. The van der Waals surface area contributed by atoms with Crippen molar-refractivity contribution in [1.82, 2.24) is 9.88 Å². The van der Waals surface area contributed by atoms with E-state index in [2.05, 4.69) is 4.98 Å². The summed E-state index contributed by atoms with van der Waals surface area (Å²) in [5, 5.41) is 10.6. The Kier molecular flexibility index (Phi) is 4.54. The molecule has 2 rings (SSSR count). The zero-order valence-corrected chi connectivity index (χ0v) is 12.0. The first-order chi connectivity index (χ1) is 9.68. The predicted molar refractivity (Wildman–Crippen MR) is 70.4 cm³/mol. The predicted octanol–water partition coefficient (Wildman–Crippen LogP) is 1.36. The zero-order valence-electron chi connectivity index (χ0n) is 11.2. The summed E-state index contributed by atoms with van der Waals surface area (Å²) >= 11 is 0.596. The molecule has 118 valence electrons. The minimum Gasteiger partial charge on any atom is -0.388 e. The van der Waals surface area contributed by atoms with Crippen LogP contribution in [-0.2, 0) is 17.5 Å². The van der Waals surface area contributed by atoms with Crippen molar-refractivity contribution in [3.63, 3.8) is 0 Å². The number of amides is 1. The highest BCUT2D eigenvalue weighted by Gasteiger charge is 2.36. The largest absolute Gasteiger partial charge is 0.427 e. The second kappa shape index (κ2) is 5.90. The second-order valence-electron chi connectivity index (χ2n) is 5.30. The summed E-state index contributed by atoms with van der Waals surface area (Å²) in [5.74, 6) is -0.590. The van der Waals surface area contributed by atoms with Crippen LogP contribution in [0.1, 0.15) is 29.1 Å². The van der Waals surface area contributed by atoms with Crippen molar-refractivity contribution in [2.24, 2.45) is 5.73 Å². The molecular weight excluding hydrogens is 307 g/mol. The molecule has 1 fully saturated rings. The summed E-state index contributed by atoms with van der Waals surface area (Å²) in [6, 6.07) is 0. The number of likely N-dealkylation sites (tertiary alicyclic amines) is 1. The number of nitrogens with two attached hydrogens (primary N) is 1. The van der Waals surface area contributed by atoms with Crippen LogP contribution in [0.3, 0.4) is 0 Å². The molecule has 0 bridgehead atoms. The summed E-state index contributed by atoms with van der Waals surface area (Å²) in [6.45, 7) is 1.07. The summed E-state index contributed by atoms with van der Waals surface area (Å²) in [6.07, 6.45) is -2.60. The Morgan fingerprint density at radius 2 is 2.29 bits per heavy atom. The number of alkyl halides is 3. The van der Waals surface area contributed by atoms with E-state index in [1.807, 2.05) is 0 Å². The number of primary amides is 1. The molecule has 3 N–H and O–H groups in total. The third kappa shape index (κ3) is 4.39. The van der Waals surface area contributed by atoms with Gasteiger partial charge < -0.3 is 10.8 Å². The van der Waals surface area contributed by atoms with Gasteiger partial charge in [0.2, 0.25) is 5.91 Å². The van der Waals surface area contributed by atoms with E-state index in [-0.39, 0.29) is 19.5 Å². The Labute approximate surface area is 123 Å². The molecule has 0 aromatic carbocycles. The fourth-order valence-corrected chi connectivity index (χ4v) is 3.34. The van der Waals surface area contributed by atoms with E-state index < -0.39 is 22.6 Å². The molecule has 1 amide bonds. The fourth-order valence-electron chi connectivity index (χ4n) is 2.52. The first kappa shape index (κ1) is 16.2. The van der Waals surface area contributed by atoms with Gasteiger partial charge in [0.05, 0.1) is 24.8 Å². The zero-order chi connectivity index (χ0) is 15.7. The van der Waals surface area contributed by atoms with Gasteiger partial charge in [-0.2, -0.15) is 13.2 Å². The number of rotatable bonds is 4. The van der Waals surface area contributed by atoms with Crippen LogP contribution < -0.4 is 5.73 Å². The normalized spacial score (nSPS) is 24.2. The SMILES string of the molecule is NC(=O)C[C@]1(O)CCCN(Cc2ncc(C(F)(F)F)s2)C1. The number of hydrogen-bond acceptors (Lipinski definition) is 5. The molecule has 0 radical (unpaired) electrons. The van der Waals surface area contributed by atoms with E-state index in [1.54, 1.807) is 4.90 Å². The molecule has 1 atom stereocenters. The van der Waals surface area contributed by atoms with Gasteiger partial charge in [0.1, 0.15) is 9.88 Å². The van der Waals surface area contributed by atoms with Crippen LogP contribution in [0.5, 0.6) is 0 Å². The highest BCUT2D eigenvalue weighted by atomic mass is 32.1. The third-order valence-electron chi connectivity index (χ3n) is 3.33. The van der Waals surface area contributed by atoms with Crippen molar-refractivity contribution in [2.45, 2.75) is 37.6 Å². The number of hydrogen-bond donors (Lipinski definition) is 2. The van der Waals surface area contributed by atoms with Crippen LogP contribution in [0.4, 0.5) is 13.2 Å². The van der Waals surface area contributed by atoms with Gasteiger partial charge in [-0.25, -0.2) is 4.98 Å². The molecule has 1 aliphatic rings. The number of aromatic nitrogens is 1. The van der Waals surface area contributed by atoms with Gasteiger partial charge in [-0.15, -0.1) is 11.3 Å². The molecule has 9 heteroatoms. The quantitative estimate of drug-likeness (QED) is 0.877. The van der Waals surface area contributed by atoms with E-state index in [4.69, 9.17) is 5.73 Å². The standard InChI is InChI=1S/C12H16F3N3O2S/c13-12(14,15)8-5-17-10(21-8)6-18-3-1-2-11(20,7-18)4-9(16)19/h5,20H,1-4,6-7H2,(H2,16,19)/t11-/m1/s1. The molecule has 2 heterocycles. The number of nitrogens with zero attached hydrogens (tertiary/aromatic N) is 2. The third-order valence-corrected chi connectivity index (χ3v) is 4.36. The van der Waals surface area contributed by atoms with Crippen molar-refractivity contribution in [2.75, 3.05) is 13.1 Å². The minimum atomic E-state index is -4.38. The van der Waals surface area contributed by atoms with E-state index in [1.165, 1.54) is 0 Å². The number of aliphatic hydroxyl groups is 1. The summed E-state index contributed by atoms with van der Waals surface area (Å²) in [4.78, 5) is 15.8. The maximum absolute atomic E-state index is 12.5. The number of thiazole rings is 1. The van der Waals surface area contributed by atoms with E-state index in [0.29, 0.717) is 35.7 Å². The summed E-state index contributed by atoms with van der Waals surface area (Å²) in [7, 11) is 0. The maximum atomic E-state index is 12.5. The van der Waals surface area contributed by atoms with Crippen molar-refractivity contribution in [3.05, 3.63) is 16.1 Å². The van der Waals surface area contributed by atoms with Crippen LogP contribution in [0.15, 0.2) is 6.20 Å². The topological polar surface area (TPSA) is 79.5 Å². The number of β-amino-alcohol motifs (C(OH)–C–C–N with tert-alkyl or cyclic N) is 1. The second-order valence-corrected chi connectivity index (χ2v) is 6.41. The van der Waals surface area contributed by atoms with E-state index in [9.17, 15) is 23.1 Å². The van der Waals surface area contributed by atoms with Crippen LogP contribution in [-0.4, -0.2) is 39.6 Å². The van der Waals surface area contributed by atoms with Crippen LogP contribution in [0, 0.1) is 0 Å².